The van der Waals surface area contributed by atoms with Gasteiger partial charge in [0.1, 0.15) is 0 Å². The maximum atomic E-state index is 10.6. The molecule has 57 heavy (non-hydrogen) atoms. The number of unbranched alkanes of at least 4 members (excludes halogenated alkanes) is 29. The number of nitrogens with zero attached hydrogens (tertiary/aromatic N) is 2. The summed E-state index contributed by atoms with van der Waals surface area (Å²) in [5.74, 6) is -0.766. The summed E-state index contributed by atoms with van der Waals surface area (Å²) >= 11 is 0. The van der Waals surface area contributed by atoms with E-state index in [1.54, 1.807) is 0 Å². The van der Waals surface area contributed by atoms with Gasteiger partial charge in [-0.1, -0.05) is 186 Å². The second-order valence-electron chi connectivity index (χ2n) is 17.5. The molecule has 0 bridgehead atoms. The van der Waals surface area contributed by atoms with Crippen LogP contribution in [0.5, 0.6) is 0 Å². The van der Waals surface area contributed by atoms with E-state index >= 15 is 0 Å². The third kappa shape index (κ3) is 39.9. The fraction of sp³-hybridized carbons (Fsp3) is 0.938. The smallest absolute Gasteiger partial charge is 0.303 e. The molecule has 0 heterocycles. The van der Waals surface area contributed by atoms with E-state index in [1.165, 1.54) is 186 Å². The van der Waals surface area contributed by atoms with Crippen LogP contribution in [0, 0.1) is 17.2 Å². The molecular weight excluding hydrogens is 732 g/mol. The molecule has 0 aliphatic rings. The minimum atomic E-state index is -1.18. The number of hydrogen-bond donors (Lipinski definition) is 2. The van der Waals surface area contributed by atoms with Crippen LogP contribution in [0.25, 0.3) is 0 Å². The van der Waals surface area contributed by atoms with E-state index < -0.39 is 20.5 Å². The summed E-state index contributed by atoms with van der Waals surface area (Å²) in [7, 11) is -1.18. The molecule has 0 aromatic heterocycles. The normalized spacial score (nSPS) is 12.8. The Morgan fingerprint density at radius 3 is 1.04 bits per heavy atom. The fourth-order valence-corrected chi connectivity index (χ4v) is 9.67. The largest absolute Gasteiger partial charge is 0.481 e. The minimum Gasteiger partial charge on any atom is -0.481 e. The third-order valence-electron chi connectivity index (χ3n) is 11.3. The highest BCUT2D eigenvalue weighted by molar-refractivity contribution is 7.44. The summed E-state index contributed by atoms with van der Waals surface area (Å²) in [5, 5.41) is 26.6. The van der Waals surface area contributed by atoms with Crippen molar-refractivity contribution in [2.45, 2.75) is 271 Å². The van der Waals surface area contributed by atoms with Crippen molar-refractivity contribution in [2.24, 2.45) is 5.92 Å². The third-order valence-corrected chi connectivity index (χ3v) is 13.4. The Hall–Kier alpha value is -1.26. The number of nitriles is 1. The van der Waals surface area contributed by atoms with Gasteiger partial charge in [0.2, 0.25) is 0 Å². The maximum absolute atomic E-state index is 10.6. The summed E-state index contributed by atoms with van der Waals surface area (Å²) in [6.45, 7) is 10.0. The first-order valence-corrected chi connectivity index (χ1v) is 25.5. The molecule has 0 saturated heterocycles. The highest BCUT2D eigenvalue weighted by atomic mass is 31.2. The lowest BCUT2D eigenvalue weighted by Gasteiger charge is -2.36. The Balaban J connectivity index is 4.33. The predicted octanol–water partition coefficient (Wildman–Crippen LogP) is 15.7. The quantitative estimate of drug-likeness (QED) is 0.0460. The molecule has 2 unspecified atom stereocenters. The van der Waals surface area contributed by atoms with Crippen molar-refractivity contribution in [1.82, 2.24) is 4.67 Å². The second-order valence-corrected chi connectivity index (χ2v) is 19.0. The Kier molecular flexibility index (Phi) is 41.9. The van der Waals surface area contributed by atoms with E-state index in [9.17, 15) is 9.59 Å². The predicted molar refractivity (Wildman–Crippen MR) is 242 cm³/mol. The van der Waals surface area contributed by atoms with Crippen LogP contribution in [-0.2, 0) is 18.6 Å². The van der Waals surface area contributed by atoms with Crippen LogP contribution in [0.3, 0.4) is 0 Å². The molecule has 336 valence electrons. The average Bonchev–Trinajstić information content (AvgIpc) is 3.16. The first-order valence-electron chi connectivity index (χ1n) is 24.3. The molecule has 2 N–H and O–H groups in total. The molecule has 0 amide bonds. The monoisotopic (exact) mass is 825 g/mol. The summed E-state index contributed by atoms with van der Waals surface area (Å²) in [5.41, 5.74) is 0. The van der Waals surface area contributed by atoms with Crippen LogP contribution in [0.4, 0.5) is 0 Å². The summed E-state index contributed by atoms with van der Waals surface area (Å²) in [6.07, 6.45) is 43.0. The topological polar surface area (TPSA) is 120 Å². The van der Waals surface area contributed by atoms with Crippen LogP contribution in [0.1, 0.15) is 259 Å². The van der Waals surface area contributed by atoms with E-state index in [-0.39, 0.29) is 0 Å². The molecule has 0 spiro atoms. The van der Waals surface area contributed by atoms with Gasteiger partial charge in [0.15, 0.2) is 0 Å². The van der Waals surface area contributed by atoms with E-state index in [2.05, 4.69) is 38.4 Å². The fourth-order valence-electron chi connectivity index (χ4n) is 7.99. The highest BCUT2D eigenvalue weighted by Gasteiger charge is 2.28. The molecule has 0 aromatic rings. The molecule has 8 nitrogen and oxygen atoms in total. The second kappa shape index (κ2) is 42.8. The van der Waals surface area contributed by atoms with Crippen LogP contribution in [-0.4, -0.2) is 52.1 Å². The van der Waals surface area contributed by atoms with E-state index in [4.69, 9.17) is 24.5 Å². The van der Waals surface area contributed by atoms with Gasteiger partial charge in [-0.15, -0.1) is 0 Å². The lowest BCUT2D eigenvalue weighted by atomic mass is 9.94. The number of carboxylic acids is 2. The van der Waals surface area contributed by atoms with Crippen molar-refractivity contribution in [3.63, 3.8) is 0 Å². The van der Waals surface area contributed by atoms with Crippen molar-refractivity contribution >= 4 is 20.5 Å². The van der Waals surface area contributed by atoms with Gasteiger partial charge in [-0.05, 0) is 59.3 Å². The van der Waals surface area contributed by atoms with Gasteiger partial charge in [0.05, 0.1) is 25.7 Å². The Labute approximate surface area is 354 Å². The molecule has 0 rings (SSSR count). The van der Waals surface area contributed by atoms with Crippen molar-refractivity contribution < 1.29 is 28.8 Å². The number of carbonyl (C=O) groups is 2. The molecule has 0 radical (unpaired) electrons. The van der Waals surface area contributed by atoms with Crippen LogP contribution >= 0.6 is 8.53 Å². The van der Waals surface area contributed by atoms with Gasteiger partial charge in [0.25, 0.3) is 8.53 Å². The number of aliphatic carboxylic acids is 2. The Morgan fingerprint density at radius 1 is 0.491 bits per heavy atom. The van der Waals surface area contributed by atoms with Crippen LogP contribution < -0.4 is 0 Å². The lowest BCUT2D eigenvalue weighted by molar-refractivity contribution is -0.138. The van der Waals surface area contributed by atoms with Crippen molar-refractivity contribution in [1.29, 1.82) is 5.26 Å². The van der Waals surface area contributed by atoms with Crippen LogP contribution in [0.2, 0.25) is 0 Å². The molecule has 0 aromatic carbocycles. The molecule has 0 aliphatic carbocycles. The number of hydrogen-bond acceptors (Lipinski definition) is 6. The van der Waals surface area contributed by atoms with Gasteiger partial charge in [-0.3, -0.25) is 9.59 Å². The summed E-state index contributed by atoms with van der Waals surface area (Å²) in [4.78, 5) is 21.2. The molecule has 0 aliphatic heterocycles. The lowest BCUT2D eigenvalue weighted by Crippen LogP contribution is -2.34. The highest BCUT2D eigenvalue weighted by Crippen LogP contribution is 2.46. The maximum Gasteiger partial charge on any atom is 0.303 e. The zero-order chi connectivity index (χ0) is 42.0. The van der Waals surface area contributed by atoms with E-state index in [0.717, 1.165) is 32.3 Å². The summed E-state index contributed by atoms with van der Waals surface area (Å²) in [6, 6.07) is 2.87. The van der Waals surface area contributed by atoms with Gasteiger partial charge in [0, 0.05) is 24.9 Å². The summed E-state index contributed by atoms with van der Waals surface area (Å²) < 4.78 is 15.2. The molecule has 2 atom stereocenters. The molecular formula is C48H93N2O6P. The first-order chi connectivity index (χ1) is 27.7. The average molecular weight is 825 g/mol. The van der Waals surface area contributed by atoms with Gasteiger partial charge in [-0.2, -0.15) is 5.26 Å². The van der Waals surface area contributed by atoms with E-state index in [1.807, 2.05) is 0 Å². The number of rotatable bonds is 46. The minimum absolute atomic E-state index is 0.320. The Morgan fingerprint density at radius 2 is 0.772 bits per heavy atom. The Bertz CT molecular complexity index is 921. The molecule has 0 fully saturated rings. The van der Waals surface area contributed by atoms with Gasteiger partial charge in [-0.25, -0.2) is 4.67 Å². The zero-order valence-electron chi connectivity index (χ0n) is 38.0. The van der Waals surface area contributed by atoms with Gasteiger partial charge < -0.3 is 19.3 Å². The SMILES string of the molecule is CC(C)N(C(C)C)P(OCCC#N)OCC(CCCCCCCCCCCCCCCCCCC(=O)O)CCCCCCCCCCCCCCCCCC(=O)O. The van der Waals surface area contributed by atoms with Crippen molar-refractivity contribution in [2.75, 3.05) is 13.2 Å². The van der Waals surface area contributed by atoms with Crippen molar-refractivity contribution in [3.05, 3.63) is 0 Å². The van der Waals surface area contributed by atoms with Crippen molar-refractivity contribution in [3.8, 4) is 6.07 Å². The zero-order valence-corrected chi connectivity index (χ0v) is 38.9. The first kappa shape index (κ1) is 55.7. The van der Waals surface area contributed by atoms with E-state index in [0.29, 0.717) is 43.9 Å². The number of carboxylic acid groups (broad SMARTS) is 2. The van der Waals surface area contributed by atoms with Gasteiger partial charge >= 0.3 is 11.9 Å². The molecule has 9 heteroatoms. The molecule has 0 saturated carbocycles. The standard InChI is InChI=1S/C48H93N2O6P/c1-44(2)50(45(3)4)57(55-42-36-41-49)56-43-46(38-33-29-25-21-17-13-9-7-11-15-19-23-27-31-35-40-48(53)54)37-32-28-24-20-16-12-8-5-6-10-14-18-22-26-30-34-39-47(51)52/h44-46H,5-40,42-43H2,1-4H3,(H,51,52)(H,53,54). The van der Waals surface area contributed by atoms with Crippen LogP contribution in [0.15, 0.2) is 0 Å².